The fourth-order valence-electron chi connectivity index (χ4n) is 2.60. The van der Waals surface area contributed by atoms with Gasteiger partial charge in [0.15, 0.2) is 0 Å². The van der Waals surface area contributed by atoms with Crippen LogP contribution < -0.4 is 15.4 Å². The van der Waals surface area contributed by atoms with Crippen LogP contribution in [-0.2, 0) is 17.1 Å². The number of primary sulfonamides is 1. The quantitative estimate of drug-likeness (QED) is 0.665. The second-order valence-electron chi connectivity index (χ2n) is 5.93. The zero-order valence-electron chi connectivity index (χ0n) is 14.5. The third-order valence-electron chi connectivity index (χ3n) is 4.16. The first-order valence-electron chi connectivity index (χ1n) is 7.71. The number of thiazole rings is 1. The van der Waals surface area contributed by atoms with E-state index in [0.717, 1.165) is 10.2 Å². The molecule has 1 heterocycles. The van der Waals surface area contributed by atoms with Crippen molar-refractivity contribution in [3.63, 3.8) is 0 Å². The first kappa shape index (κ1) is 18.3. The molecule has 7 nitrogen and oxygen atoms in total. The Kier molecular flexibility index (Phi) is 4.70. The average Bonchev–Trinajstić information content (AvgIpc) is 2.90. The third kappa shape index (κ3) is 3.41. The lowest BCUT2D eigenvalue weighted by Crippen LogP contribution is -2.24. The van der Waals surface area contributed by atoms with Crippen LogP contribution in [0.15, 0.2) is 46.4 Å². The molecule has 3 N–H and O–H groups in total. The Morgan fingerprint density at radius 1 is 1.23 bits per heavy atom. The first-order valence-corrected chi connectivity index (χ1v) is 10.1. The molecule has 0 saturated carbocycles. The van der Waals surface area contributed by atoms with Crippen molar-refractivity contribution in [1.82, 2.24) is 9.99 Å². The number of amides is 1. The van der Waals surface area contributed by atoms with Gasteiger partial charge in [0.2, 0.25) is 14.8 Å². The fourth-order valence-corrected chi connectivity index (χ4v) is 4.46. The summed E-state index contributed by atoms with van der Waals surface area (Å²) >= 11 is 1.44. The molecule has 9 heteroatoms. The van der Waals surface area contributed by atoms with E-state index in [1.54, 1.807) is 19.9 Å². The molecule has 3 aromatic rings. The van der Waals surface area contributed by atoms with Crippen molar-refractivity contribution >= 4 is 37.5 Å². The number of fused-ring (bicyclic) bond motifs is 1. The van der Waals surface area contributed by atoms with Crippen LogP contribution in [0.1, 0.15) is 21.5 Å². The zero-order valence-corrected chi connectivity index (χ0v) is 16.1. The van der Waals surface area contributed by atoms with Crippen molar-refractivity contribution < 1.29 is 13.2 Å². The molecule has 0 bridgehead atoms. The number of nitrogens with one attached hydrogen (secondary N) is 1. The summed E-state index contributed by atoms with van der Waals surface area (Å²) < 4.78 is 26.4. The van der Waals surface area contributed by atoms with Crippen LogP contribution in [0.25, 0.3) is 10.2 Å². The van der Waals surface area contributed by atoms with Gasteiger partial charge >= 0.3 is 0 Å². The molecule has 0 aliphatic carbocycles. The standard InChI is InChI=1S/C17H18N4O3S2/c1-10-8-12(9-15(11(10)2)26(18,23)24)16(22)19-20-17-21(3)13-6-4-5-7-14(13)25-17/h4-9H,1-3H3,(H,19,22)(H2,18,23,24)/b20-17+. The fraction of sp³-hybridized carbons (Fsp3) is 0.176. The molecule has 1 aromatic heterocycles. The molecule has 0 fully saturated rings. The van der Waals surface area contributed by atoms with Crippen LogP contribution >= 0.6 is 11.3 Å². The minimum Gasteiger partial charge on any atom is -0.318 e. The highest BCUT2D eigenvalue weighted by atomic mass is 32.2. The van der Waals surface area contributed by atoms with Gasteiger partial charge in [-0.05, 0) is 49.2 Å². The number of nitrogens with two attached hydrogens (primary N) is 1. The number of aromatic nitrogens is 1. The number of hydrogen-bond donors (Lipinski definition) is 2. The molecule has 3 rings (SSSR count). The van der Waals surface area contributed by atoms with Gasteiger partial charge in [0.1, 0.15) is 0 Å². The predicted molar refractivity (Wildman–Crippen MR) is 101 cm³/mol. The molecule has 0 atom stereocenters. The van der Waals surface area contributed by atoms with E-state index < -0.39 is 15.9 Å². The maximum absolute atomic E-state index is 12.4. The van der Waals surface area contributed by atoms with E-state index in [-0.39, 0.29) is 10.5 Å². The average molecular weight is 390 g/mol. The van der Waals surface area contributed by atoms with Crippen LogP contribution in [0.4, 0.5) is 0 Å². The largest absolute Gasteiger partial charge is 0.318 e. The minimum absolute atomic E-state index is 0.0601. The maximum Gasteiger partial charge on any atom is 0.271 e. The van der Waals surface area contributed by atoms with E-state index in [1.165, 1.54) is 17.4 Å². The summed E-state index contributed by atoms with van der Waals surface area (Å²) in [6, 6.07) is 10.7. The molecule has 0 aliphatic rings. The molecule has 136 valence electrons. The lowest BCUT2D eigenvalue weighted by molar-refractivity contribution is 0.0952. The molecule has 0 saturated heterocycles. The number of para-hydroxylation sites is 1. The van der Waals surface area contributed by atoms with E-state index >= 15 is 0 Å². The lowest BCUT2D eigenvalue weighted by Gasteiger charge is -2.09. The van der Waals surface area contributed by atoms with E-state index in [0.29, 0.717) is 15.9 Å². The molecular formula is C17H18N4O3S2. The summed E-state index contributed by atoms with van der Waals surface area (Å²) in [5, 5.41) is 9.40. The van der Waals surface area contributed by atoms with Gasteiger partial charge in [-0.2, -0.15) is 0 Å². The van der Waals surface area contributed by atoms with Crippen LogP contribution in [0.3, 0.4) is 0 Å². The van der Waals surface area contributed by atoms with Crippen LogP contribution in [0.2, 0.25) is 0 Å². The number of nitrogens with zero attached hydrogens (tertiary/aromatic N) is 2. The molecule has 2 aromatic carbocycles. The first-order chi connectivity index (χ1) is 12.2. The Morgan fingerprint density at radius 3 is 2.58 bits per heavy atom. The van der Waals surface area contributed by atoms with E-state index in [1.807, 2.05) is 35.9 Å². The van der Waals surface area contributed by atoms with Gasteiger partial charge in [-0.1, -0.05) is 23.5 Å². The van der Waals surface area contributed by atoms with Gasteiger partial charge in [0.05, 0.1) is 15.1 Å². The number of rotatable bonds is 3. The van der Waals surface area contributed by atoms with Gasteiger partial charge < -0.3 is 4.57 Å². The highest BCUT2D eigenvalue weighted by Gasteiger charge is 2.17. The maximum atomic E-state index is 12.4. The van der Waals surface area contributed by atoms with E-state index in [9.17, 15) is 13.2 Å². The van der Waals surface area contributed by atoms with Crippen molar-refractivity contribution in [3.8, 4) is 0 Å². The van der Waals surface area contributed by atoms with Crippen molar-refractivity contribution in [2.45, 2.75) is 18.7 Å². The van der Waals surface area contributed by atoms with Crippen molar-refractivity contribution in [2.24, 2.45) is 17.3 Å². The van der Waals surface area contributed by atoms with Gasteiger partial charge in [0.25, 0.3) is 5.91 Å². The Morgan fingerprint density at radius 2 is 1.92 bits per heavy atom. The summed E-state index contributed by atoms with van der Waals surface area (Å²) in [6.07, 6.45) is 0. The summed E-state index contributed by atoms with van der Waals surface area (Å²) in [7, 11) is -2.06. The predicted octanol–water partition coefficient (Wildman–Crippen LogP) is 1.75. The summed E-state index contributed by atoms with van der Waals surface area (Å²) in [5.41, 5.74) is 4.86. The molecule has 26 heavy (non-hydrogen) atoms. The van der Waals surface area contributed by atoms with Crippen molar-refractivity contribution in [3.05, 3.63) is 57.9 Å². The molecule has 1 amide bonds. The van der Waals surface area contributed by atoms with Crippen LogP contribution in [0, 0.1) is 13.8 Å². The lowest BCUT2D eigenvalue weighted by atomic mass is 10.1. The SMILES string of the molecule is Cc1cc(C(=O)N/N=c2/sc3ccccc3n2C)cc(S(N)(=O)=O)c1C. The molecule has 0 radical (unpaired) electrons. The van der Waals surface area contributed by atoms with Crippen molar-refractivity contribution in [2.75, 3.05) is 0 Å². The van der Waals surface area contributed by atoms with Gasteiger partial charge in [-0.15, -0.1) is 5.10 Å². The van der Waals surface area contributed by atoms with E-state index in [4.69, 9.17) is 5.14 Å². The minimum atomic E-state index is -3.92. The van der Waals surface area contributed by atoms with Crippen LogP contribution in [0.5, 0.6) is 0 Å². The molecule has 0 spiro atoms. The van der Waals surface area contributed by atoms with Gasteiger partial charge in [0, 0.05) is 12.6 Å². The topological polar surface area (TPSA) is 107 Å². The zero-order chi connectivity index (χ0) is 19.1. The monoisotopic (exact) mass is 390 g/mol. The second-order valence-corrected chi connectivity index (χ2v) is 8.46. The summed E-state index contributed by atoms with van der Waals surface area (Å²) in [6.45, 7) is 3.38. The Labute approximate surface area is 154 Å². The Balaban J connectivity index is 1.98. The smallest absolute Gasteiger partial charge is 0.271 e. The summed E-state index contributed by atoms with van der Waals surface area (Å²) in [4.78, 5) is 13.0. The van der Waals surface area contributed by atoms with Crippen molar-refractivity contribution in [1.29, 1.82) is 0 Å². The Hall–Kier alpha value is -2.49. The number of carbonyl (C=O) groups is 1. The number of sulfonamides is 1. The highest BCUT2D eigenvalue weighted by Crippen LogP contribution is 2.20. The molecule has 0 unspecified atom stereocenters. The number of benzene rings is 2. The van der Waals surface area contributed by atoms with E-state index in [2.05, 4.69) is 10.5 Å². The second kappa shape index (κ2) is 6.67. The van der Waals surface area contributed by atoms with Gasteiger partial charge in [-0.3, -0.25) is 4.79 Å². The molecular weight excluding hydrogens is 372 g/mol. The van der Waals surface area contributed by atoms with Gasteiger partial charge in [-0.25, -0.2) is 19.0 Å². The number of aryl methyl sites for hydroxylation is 2. The Bertz CT molecular complexity index is 1190. The van der Waals surface area contributed by atoms with Crippen LogP contribution in [-0.4, -0.2) is 18.9 Å². The normalized spacial score (nSPS) is 12.5. The number of hydrogen-bond acceptors (Lipinski definition) is 5. The molecule has 0 aliphatic heterocycles. The third-order valence-corrected chi connectivity index (χ3v) is 6.31. The highest BCUT2D eigenvalue weighted by molar-refractivity contribution is 7.89. The number of carbonyl (C=O) groups excluding carboxylic acids is 1. The summed E-state index contributed by atoms with van der Waals surface area (Å²) in [5.74, 6) is -0.504.